The molecule has 1 fully saturated rings. The Balaban J connectivity index is 2.31. The molecule has 6 nitrogen and oxygen atoms in total. The molecular formula is C12H18N4O2. The van der Waals surface area contributed by atoms with Crippen LogP contribution in [-0.4, -0.2) is 34.2 Å². The molecule has 0 spiro atoms. The van der Waals surface area contributed by atoms with Gasteiger partial charge in [-0.1, -0.05) is 20.8 Å². The molecule has 2 heterocycles. The highest BCUT2D eigenvalue weighted by molar-refractivity contribution is 6.06. The molecule has 18 heavy (non-hydrogen) atoms. The van der Waals surface area contributed by atoms with E-state index in [1.165, 1.54) is 4.90 Å². The molecule has 1 aromatic rings. The van der Waals surface area contributed by atoms with E-state index in [9.17, 15) is 9.59 Å². The summed E-state index contributed by atoms with van der Waals surface area (Å²) >= 11 is 0. The third-order valence-corrected chi connectivity index (χ3v) is 2.99. The monoisotopic (exact) mass is 250 g/mol. The number of nitrogens with zero attached hydrogens (tertiary/aromatic N) is 3. The zero-order valence-electron chi connectivity index (χ0n) is 11.1. The number of hydrogen-bond donors (Lipinski definition) is 1. The molecule has 1 saturated heterocycles. The van der Waals surface area contributed by atoms with E-state index in [1.54, 1.807) is 24.1 Å². The summed E-state index contributed by atoms with van der Waals surface area (Å²) in [4.78, 5) is 25.6. The van der Waals surface area contributed by atoms with E-state index in [4.69, 9.17) is 0 Å². The Bertz CT molecular complexity index is 487. The lowest BCUT2D eigenvalue weighted by Crippen LogP contribution is -2.62. The van der Waals surface area contributed by atoms with E-state index in [0.717, 1.165) is 0 Å². The van der Waals surface area contributed by atoms with Gasteiger partial charge in [0.1, 0.15) is 12.6 Å². The van der Waals surface area contributed by atoms with Crippen molar-refractivity contribution in [2.45, 2.75) is 26.8 Å². The van der Waals surface area contributed by atoms with Crippen LogP contribution in [0.5, 0.6) is 0 Å². The number of amides is 2. The van der Waals surface area contributed by atoms with Gasteiger partial charge >= 0.3 is 0 Å². The zero-order chi connectivity index (χ0) is 13.5. The Morgan fingerprint density at radius 3 is 2.56 bits per heavy atom. The van der Waals surface area contributed by atoms with E-state index in [0.29, 0.717) is 5.69 Å². The summed E-state index contributed by atoms with van der Waals surface area (Å²) in [5, 5.41) is 6.78. The van der Waals surface area contributed by atoms with Crippen molar-refractivity contribution in [2.75, 3.05) is 11.4 Å². The van der Waals surface area contributed by atoms with Crippen molar-refractivity contribution in [3.05, 3.63) is 12.4 Å². The summed E-state index contributed by atoms with van der Waals surface area (Å²) in [6.07, 6.45) is 3.33. The van der Waals surface area contributed by atoms with Crippen LogP contribution in [-0.2, 0) is 16.6 Å². The number of anilines is 1. The quantitative estimate of drug-likeness (QED) is 0.779. The molecule has 2 amide bonds. The Hall–Kier alpha value is -1.85. The fourth-order valence-corrected chi connectivity index (χ4v) is 2.00. The molecule has 1 N–H and O–H groups in total. The molecule has 1 aliphatic heterocycles. The van der Waals surface area contributed by atoms with Crippen LogP contribution in [0.1, 0.15) is 20.8 Å². The molecule has 1 atom stereocenters. The van der Waals surface area contributed by atoms with Crippen LogP contribution in [0.4, 0.5) is 5.69 Å². The van der Waals surface area contributed by atoms with Crippen molar-refractivity contribution >= 4 is 17.5 Å². The SMILES string of the molecule is Cn1cc(N2CC(=O)NC(C(C)(C)C)C2=O)cn1. The first kappa shape index (κ1) is 12.6. The van der Waals surface area contributed by atoms with Crippen LogP contribution in [0.3, 0.4) is 0 Å². The van der Waals surface area contributed by atoms with Gasteiger partial charge in [0.25, 0.3) is 5.91 Å². The molecule has 2 rings (SSSR count). The van der Waals surface area contributed by atoms with E-state index >= 15 is 0 Å². The van der Waals surface area contributed by atoms with E-state index < -0.39 is 6.04 Å². The predicted molar refractivity (Wildman–Crippen MR) is 66.9 cm³/mol. The number of carbonyl (C=O) groups is 2. The number of hydrogen-bond acceptors (Lipinski definition) is 3. The van der Waals surface area contributed by atoms with E-state index in [1.807, 2.05) is 20.8 Å². The lowest BCUT2D eigenvalue weighted by molar-refractivity contribution is -0.133. The number of piperazine rings is 1. The number of carbonyl (C=O) groups excluding carboxylic acids is 2. The second-order valence-corrected chi connectivity index (χ2v) is 5.66. The largest absolute Gasteiger partial charge is 0.342 e. The van der Waals surface area contributed by atoms with Crippen LogP contribution >= 0.6 is 0 Å². The Morgan fingerprint density at radius 2 is 2.06 bits per heavy atom. The van der Waals surface area contributed by atoms with Gasteiger partial charge in [-0.2, -0.15) is 5.10 Å². The highest BCUT2D eigenvalue weighted by Crippen LogP contribution is 2.25. The number of aromatic nitrogens is 2. The fraction of sp³-hybridized carbons (Fsp3) is 0.583. The minimum atomic E-state index is -0.501. The Morgan fingerprint density at radius 1 is 1.39 bits per heavy atom. The molecule has 0 radical (unpaired) electrons. The van der Waals surface area contributed by atoms with E-state index in [2.05, 4.69) is 10.4 Å². The smallest absolute Gasteiger partial charge is 0.250 e. The molecule has 0 bridgehead atoms. The van der Waals surface area contributed by atoms with Gasteiger partial charge in [-0.3, -0.25) is 19.2 Å². The first-order valence-electron chi connectivity index (χ1n) is 5.88. The van der Waals surface area contributed by atoms with Crippen molar-refractivity contribution in [3.63, 3.8) is 0 Å². The minimum absolute atomic E-state index is 0.0527. The maximum Gasteiger partial charge on any atom is 0.250 e. The van der Waals surface area contributed by atoms with Gasteiger partial charge in [-0.25, -0.2) is 0 Å². The topological polar surface area (TPSA) is 67.2 Å². The molecule has 1 unspecified atom stereocenters. The number of nitrogens with one attached hydrogen (secondary N) is 1. The van der Waals surface area contributed by atoms with Crippen molar-refractivity contribution in [2.24, 2.45) is 12.5 Å². The van der Waals surface area contributed by atoms with Gasteiger partial charge in [0, 0.05) is 13.2 Å². The maximum absolute atomic E-state index is 12.4. The van der Waals surface area contributed by atoms with Crippen molar-refractivity contribution in [1.29, 1.82) is 0 Å². The van der Waals surface area contributed by atoms with Crippen LogP contribution in [0.15, 0.2) is 12.4 Å². The number of rotatable bonds is 1. The second-order valence-electron chi connectivity index (χ2n) is 5.66. The molecule has 1 aliphatic rings. The van der Waals surface area contributed by atoms with Crippen LogP contribution < -0.4 is 10.2 Å². The van der Waals surface area contributed by atoms with E-state index in [-0.39, 0.29) is 23.8 Å². The van der Waals surface area contributed by atoms with Gasteiger partial charge in [-0.05, 0) is 5.41 Å². The van der Waals surface area contributed by atoms with Crippen LogP contribution in [0.25, 0.3) is 0 Å². The lowest BCUT2D eigenvalue weighted by atomic mass is 9.84. The molecule has 0 aliphatic carbocycles. The van der Waals surface area contributed by atoms with Gasteiger partial charge in [0.2, 0.25) is 5.91 Å². The van der Waals surface area contributed by atoms with Gasteiger partial charge in [0.05, 0.1) is 11.9 Å². The molecule has 1 aromatic heterocycles. The second kappa shape index (κ2) is 4.12. The normalized spacial score (nSPS) is 21.1. The summed E-state index contributed by atoms with van der Waals surface area (Å²) in [7, 11) is 1.78. The maximum atomic E-state index is 12.4. The number of aryl methyl sites for hydroxylation is 1. The Kier molecular flexibility index (Phi) is 2.88. The average molecular weight is 250 g/mol. The van der Waals surface area contributed by atoms with Gasteiger partial charge in [0.15, 0.2) is 0 Å². The van der Waals surface area contributed by atoms with Gasteiger partial charge in [-0.15, -0.1) is 0 Å². The summed E-state index contributed by atoms with van der Waals surface area (Å²) in [6, 6.07) is -0.501. The minimum Gasteiger partial charge on any atom is -0.342 e. The fourth-order valence-electron chi connectivity index (χ4n) is 2.00. The summed E-state index contributed by atoms with van der Waals surface area (Å²) in [6.45, 7) is 5.85. The first-order chi connectivity index (χ1) is 8.29. The highest BCUT2D eigenvalue weighted by Gasteiger charge is 2.40. The van der Waals surface area contributed by atoms with Crippen molar-refractivity contribution in [1.82, 2.24) is 15.1 Å². The molecule has 0 saturated carbocycles. The standard InChI is InChI=1S/C12H18N4O2/c1-12(2,3)10-11(18)16(7-9(17)14-10)8-5-13-15(4)6-8/h5-6,10H,7H2,1-4H3,(H,14,17). The zero-order valence-corrected chi connectivity index (χ0v) is 11.1. The third-order valence-electron chi connectivity index (χ3n) is 2.99. The summed E-state index contributed by atoms with van der Waals surface area (Å²) < 4.78 is 1.61. The van der Waals surface area contributed by atoms with Crippen LogP contribution in [0, 0.1) is 5.41 Å². The van der Waals surface area contributed by atoms with Crippen LogP contribution in [0.2, 0.25) is 0 Å². The van der Waals surface area contributed by atoms with Crippen molar-refractivity contribution < 1.29 is 9.59 Å². The van der Waals surface area contributed by atoms with Crippen molar-refractivity contribution in [3.8, 4) is 0 Å². The summed E-state index contributed by atoms with van der Waals surface area (Å²) in [5.41, 5.74) is 0.347. The average Bonchev–Trinajstić information content (AvgIpc) is 2.66. The Labute approximate surface area is 106 Å². The molecule has 0 aromatic carbocycles. The predicted octanol–water partition coefficient (Wildman–Crippen LogP) is 0.298. The first-order valence-corrected chi connectivity index (χ1v) is 5.88. The molecule has 98 valence electrons. The highest BCUT2D eigenvalue weighted by atomic mass is 16.2. The third kappa shape index (κ3) is 2.23. The summed E-state index contributed by atoms with van der Waals surface area (Å²) in [5.74, 6) is -0.228. The van der Waals surface area contributed by atoms with Gasteiger partial charge < -0.3 is 5.32 Å². The molecule has 6 heteroatoms. The lowest BCUT2D eigenvalue weighted by Gasteiger charge is -2.38. The molecular weight excluding hydrogens is 232 g/mol.